The summed E-state index contributed by atoms with van der Waals surface area (Å²) in [7, 11) is 1.53. The molecule has 2 rings (SSSR count). The SMILES string of the molecule is CNc1cccc(Nc2cc(F)c(Br)cc2F)c1[N+](=O)[O-]. The molecule has 2 aromatic rings. The van der Waals surface area contributed by atoms with E-state index < -0.39 is 16.6 Å². The number of nitro groups is 1. The van der Waals surface area contributed by atoms with E-state index in [0.29, 0.717) is 0 Å². The summed E-state index contributed by atoms with van der Waals surface area (Å²) < 4.78 is 27.2. The van der Waals surface area contributed by atoms with Crippen LogP contribution in [-0.2, 0) is 0 Å². The Balaban J connectivity index is 2.49. The van der Waals surface area contributed by atoms with Crippen LogP contribution in [0.25, 0.3) is 0 Å². The lowest BCUT2D eigenvalue weighted by atomic mass is 10.2. The van der Waals surface area contributed by atoms with Gasteiger partial charge in [-0.25, -0.2) is 8.78 Å². The molecule has 0 radical (unpaired) electrons. The van der Waals surface area contributed by atoms with Gasteiger partial charge in [-0.15, -0.1) is 0 Å². The molecule has 0 spiro atoms. The van der Waals surface area contributed by atoms with Gasteiger partial charge in [-0.2, -0.15) is 0 Å². The standard InChI is InChI=1S/C13H10BrF2N3O2/c1-17-10-3-2-4-11(13(10)19(20)21)18-12-6-8(15)7(14)5-9(12)16/h2-6,17-18H,1H3. The molecule has 2 aromatic carbocycles. The fourth-order valence-corrected chi connectivity index (χ4v) is 2.12. The number of nitrogens with zero attached hydrogens (tertiary/aromatic N) is 1. The summed E-state index contributed by atoms with van der Waals surface area (Å²) in [4.78, 5) is 10.6. The van der Waals surface area contributed by atoms with Gasteiger partial charge in [0.2, 0.25) is 0 Å². The van der Waals surface area contributed by atoms with Crippen molar-refractivity contribution in [2.75, 3.05) is 17.7 Å². The van der Waals surface area contributed by atoms with Gasteiger partial charge in [0.1, 0.15) is 23.0 Å². The molecule has 0 saturated carbocycles. The Morgan fingerprint density at radius 1 is 1.14 bits per heavy atom. The summed E-state index contributed by atoms with van der Waals surface area (Å²) in [5.41, 5.74) is -0.106. The van der Waals surface area contributed by atoms with Crippen molar-refractivity contribution < 1.29 is 13.7 Å². The summed E-state index contributed by atoms with van der Waals surface area (Å²) in [6, 6.07) is 6.37. The molecule has 0 aliphatic rings. The molecule has 2 N–H and O–H groups in total. The second-order valence-corrected chi connectivity index (χ2v) is 4.93. The number of nitro benzene ring substituents is 1. The number of benzene rings is 2. The predicted octanol–water partition coefficient (Wildman–Crippen LogP) is 4.42. The zero-order chi connectivity index (χ0) is 15.6. The van der Waals surface area contributed by atoms with Gasteiger partial charge >= 0.3 is 5.69 Å². The van der Waals surface area contributed by atoms with Crippen molar-refractivity contribution >= 4 is 38.7 Å². The Kier molecular flexibility index (Phi) is 4.37. The van der Waals surface area contributed by atoms with Crippen molar-refractivity contribution in [2.45, 2.75) is 0 Å². The highest BCUT2D eigenvalue weighted by molar-refractivity contribution is 9.10. The minimum absolute atomic E-state index is 0.0241. The van der Waals surface area contributed by atoms with Crippen LogP contribution in [0.3, 0.4) is 0 Å². The van der Waals surface area contributed by atoms with Crippen LogP contribution in [0.4, 0.5) is 31.5 Å². The fraction of sp³-hybridized carbons (Fsp3) is 0.0769. The van der Waals surface area contributed by atoms with Gasteiger partial charge in [-0.1, -0.05) is 6.07 Å². The average molecular weight is 358 g/mol. The molecule has 0 aliphatic heterocycles. The van der Waals surface area contributed by atoms with E-state index in [-0.39, 0.29) is 27.2 Å². The van der Waals surface area contributed by atoms with Crippen LogP contribution >= 0.6 is 15.9 Å². The lowest BCUT2D eigenvalue weighted by molar-refractivity contribution is -0.383. The maximum Gasteiger partial charge on any atom is 0.315 e. The largest absolute Gasteiger partial charge is 0.382 e. The normalized spacial score (nSPS) is 10.3. The lowest BCUT2D eigenvalue weighted by Gasteiger charge is -2.11. The smallest absolute Gasteiger partial charge is 0.315 e. The Morgan fingerprint density at radius 2 is 1.81 bits per heavy atom. The Morgan fingerprint density at radius 3 is 2.43 bits per heavy atom. The molecule has 0 atom stereocenters. The van der Waals surface area contributed by atoms with Gasteiger partial charge in [-0.3, -0.25) is 10.1 Å². The Labute approximate surface area is 127 Å². The van der Waals surface area contributed by atoms with Crippen molar-refractivity contribution in [2.24, 2.45) is 0 Å². The number of halogens is 3. The third-order valence-corrected chi connectivity index (χ3v) is 3.37. The van der Waals surface area contributed by atoms with Crippen molar-refractivity contribution in [3.8, 4) is 0 Å². The van der Waals surface area contributed by atoms with Crippen molar-refractivity contribution in [1.29, 1.82) is 0 Å². The van der Waals surface area contributed by atoms with Crippen LogP contribution in [0.5, 0.6) is 0 Å². The molecule has 21 heavy (non-hydrogen) atoms. The van der Waals surface area contributed by atoms with E-state index in [4.69, 9.17) is 0 Å². The molecule has 0 bridgehead atoms. The van der Waals surface area contributed by atoms with E-state index in [0.717, 1.165) is 12.1 Å². The number of nitrogens with one attached hydrogen (secondary N) is 2. The highest BCUT2D eigenvalue weighted by atomic mass is 79.9. The molecule has 0 fully saturated rings. The van der Waals surface area contributed by atoms with Crippen molar-refractivity contribution in [1.82, 2.24) is 0 Å². The number of rotatable bonds is 4. The summed E-state index contributed by atoms with van der Waals surface area (Å²) in [5, 5.41) is 16.4. The third-order valence-electron chi connectivity index (χ3n) is 2.77. The van der Waals surface area contributed by atoms with E-state index in [2.05, 4.69) is 26.6 Å². The molecule has 0 aromatic heterocycles. The highest BCUT2D eigenvalue weighted by Crippen LogP contribution is 2.35. The van der Waals surface area contributed by atoms with E-state index in [9.17, 15) is 18.9 Å². The van der Waals surface area contributed by atoms with E-state index >= 15 is 0 Å². The molecule has 0 aliphatic carbocycles. The minimum atomic E-state index is -0.729. The summed E-state index contributed by atoms with van der Waals surface area (Å²) in [6.45, 7) is 0. The first-order valence-electron chi connectivity index (χ1n) is 5.80. The van der Waals surface area contributed by atoms with Crippen LogP contribution in [0.15, 0.2) is 34.8 Å². The van der Waals surface area contributed by atoms with Gasteiger partial charge in [0.15, 0.2) is 0 Å². The minimum Gasteiger partial charge on any atom is -0.382 e. The Bertz CT molecular complexity index is 710. The number of anilines is 3. The van der Waals surface area contributed by atoms with Gasteiger partial charge in [0.25, 0.3) is 0 Å². The van der Waals surface area contributed by atoms with Gasteiger partial charge in [0, 0.05) is 13.1 Å². The Hall–Kier alpha value is -2.22. The molecule has 0 heterocycles. The summed E-state index contributed by atoms with van der Waals surface area (Å²) in [5.74, 6) is -1.40. The van der Waals surface area contributed by atoms with Crippen LogP contribution in [0.2, 0.25) is 0 Å². The summed E-state index contributed by atoms with van der Waals surface area (Å²) >= 11 is 2.87. The second kappa shape index (κ2) is 6.04. The third kappa shape index (κ3) is 3.10. The van der Waals surface area contributed by atoms with Crippen molar-refractivity contribution in [3.63, 3.8) is 0 Å². The van der Waals surface area contributed by atoms with Gasteiger partial charge < -0.3 is 10.6 Å². The first-order valence-corrected chi connectivity index (χ1v) is 6.60. The molecule has 0 saturated heterocycles. The van der Waals surface area contributed by atoms with Crippen LogP contribution in [0, 0.1) is 21.7 Å². The first kappa shape index (κ1) is 15.2. The van der Waals surface area contributed by atoms with Crippen LogP contribution in [0.1, 0.15) is 0 Å². The molecule has 0 unspecified atom stereocenters. The number of hydrogen-bond acceptors (Lipinski definition) is 4. The molecule has 5 nitrogen and oxygen atoms in total. The van der Waals surface area contributed by atoms with E-state index in [1.807, 2.05) is 0 Å². The van der Waals surface area contributed by atoms with E-state index in [1.54, 1.807) is 6.07 Å². The van der Waals surface area contributed by atoms with Gasteiger partial charge in [0.05, 0.1) is 15.1 Å². The first-order chi connectivity index (χ1) is 9.93. The van der Waals surface area contributed by atoms with Crippen LogP contribution < -0.4 is 10.6 Å². The van der Waals surface area contributed by atoms with E-state index in [1.165, 1.54) is 19.2 Å². The molecule has 110 valence electrons. The number of para-hydroxylation sites is 1. The molecular weight excluding hydrogens is 348 g/mol. The molecule has 0 amide bonds. The monoisotopic (exact) mass is 357 g/mol. The second-order valence-electron chi connectivity index (χ2n) is 4.08. The summed E-state index contributed by atoms with van der Waals surface area (Å²) in [6.07, 6.45) is 0. The van der Waals surface area contributed by atoms with Crippen LogP contribution in [-0.4, -0.2) is 12.0 Å². The quantitative estimate of drug-likeness (QED) is 0.482. The zero-order valence-electron chi connectivity index (χ0n) is 10.8. The average Bonchev–Trinajstić information content (AvgIpc) is 2.44. The maximum atomic E-state index is 13.8. The molecule has 8 heteroatoms. The van der Waals surface area contributed by atoms with Crippen molar-refractivity contribution in [3.05, 3.63) is 56.6 Å². The molecular formula is C13H10BrF2N3O2. The lowest BCUT2D eigenvalue weighted by Crippen LogP contribution is -2.02. The topological polar surface area (TPSA) is 67.2 Å². The zero-order valence-corrected chi connectivity index (χ0v) is 12.4. The maximum absolute atomic E-state index is 13.8. The van der Waals surface area contributed by atoms with Gasteiger partial charge in [-0.05, 0) is 34.1 Å². The predicted molar refractivity (Wildman–Crippen MR) is 80.0 cm³/mol. The number of hydrogen-bond donors (Lipinski definition) is 2. The fourth-order valence-electron chi connectivity index (χ4n) is 1.81. The highest BCUT2D eigenvalue weighted by Gasteiger charge is 2.20.